The molecule has 128 valence electrons. The van der Waals surface area contributed by atoms with Crippen LogP contribution in [0, 0.1) is 34.5 Å². The molecule has 0 heterocycles. The van der Waals surface area contributed by atoms with Crippen molar-refractivity contribution in [2.24, 2.45) is 44.8 Å². The summed E-state index contributed by atoms with van der Waals surface area (Å²) < 4.78 is 0. The number of hydrogen-bond acceptors (Lipinski definition) is 4. The van der Waals surface area contributed by atoms with Crippen molar-refractivity contribution in [3.63, 3.8) is 0 Å². The molecular weight excluding hydrogens is 288 g/mol. The van der Waals surface area contributed by atoms with E-state index in [2.05, 4.69) is 24.2 Å². The third-order valence-electron chi connectivity index (χ3n) is 8.50. The van der Waals surface area contributed by atoms with Gasteiger partial charge in [-0.3, -0.25) is 0 Å². The molecule has 0 aromatic rings. The molecule has 4 saturated carbocycles. The lowest BCUT2D eigenvalue weighted by Crippen LogP contribution is -2.53. The molecule has 0 aliphatic heterocycles. The summed E-state index contributed by atoms with van der Waals surface area (Å²) in [5.74, 6) is 3.00. The fraction of sp³-hybridized carbons (Fsp3) is 0.895. The van der Waals surface area contributed by atoms with Crippen molar-refractivity contribution < 1.29 is 10.4 Å². The van der Waals surface area contributed by atoms with E-state index < -0.39 is 0 Å². The first kappa shape index (κ1) is 15.5. The van der Waals surface area contributed by atoms with Gasteiger partial charge in [0, 0.05) is 5.41 Å². The zero-order valence-corrected chi connectivity index (χ0v) is 14.5. The van der Waals surface area contributed by atoms with E-state index in [1.165, 1.54) is 38.5 Å². The number of fused-ring (bicyclic) bond motifs is 5. The molecule has 4 aliphatic rings. The number of oxime groups is 2. The molecule has 4 aliphatic carbocycles. The molecular formula is C19H30N2O2. The van der Waals surface area contributed by atoms with Crippen molar-refractivity contribution in [3.8, 4) is 0 Å². The topological polar surface area (TPSA) is 65.2 Å². The summed E-state index contributed by atoms with van der Waals surface area (Å²) in [5.41, 5.74) is 2.64. The maximum absolute atomic E-state index is 9.41. The van der Waals surface area contributed by atoms with E-state index in [0.717, 1.165) is 42.5 Å². The number of hydrogen-bond donors (Lipinski definition) is 2. The largest absolute Gasteiger partial charge is 0.411 e. The molecule has 4 rings (SSSR count). The van der Waals surface area contributed by atoms with Crippen LogP contribution in [0.25, 0.3) is 0 Å². The molecule has 0 aromatic carbocycles. The molecule has 4 nitrogen and oxygen atoms in total. The predicted octanol–water partition coefficient (Wildman–Crippen LogP) is 4.69. The molecule has 0 radical (unpaired) electrons. The smallest absolute Gasteiger partial charge is 0.0632 e. The summed E-state index contributed by atoms with van der Waals surface area (Å²) in [6.07, 6.45) is 10.4. The summed E-state index contributed by atoms with van der Waals surface area (Å²) in [6, 6.07) is 0. The first-order chi connectivity index (χ1) is 11.0. The highest BCUT2D eigenvalue weighted by Crippen LogP contribution is 2.65. The van der Waals surface area contributed by atoms with Crippen LogP contribution in [0.2, 0.25) is 0 Å². The quantitative estimate of drug-likeness (QED) is 0.502. The molecule has 0 amide bonds. The lowest BCUT2D eigenvalue weighted by Gasteiger charge is -2.59. The van der Waals surface area contributed by atoms with Gasteiger partial charge in [0.15, 0.2) is 0 Å². The van der Waals surface area contributed by atoms with Crippen LogP contribution in [0.15, 0.2) is 10.3 Å². The van der Waals surface area contributed by atoms with Crippen LogP contribution < -0.4 is 0 Å². The molecule has 0 saturated heterocycles. The Bertz CT molecular complexity index is 558. The standard InChI is InChI=1S/C19H30N2O2/c1-18-9-7-13(20-22)11-12(18)3-4-14-15-5-6-17(21-23)19(15,2)10-8-16(14)18/h12,14-16,22-23H,3-11H2,1-2H3/t12-,14+,15+,16-,18-,19-/m0/s1. The average Bonchev–Trinajstić information content (AvgIpc) is 2.90. The molecule has 6 atom stereocenters. The van der Waals surface area contributed by atoms with E-state index in [1.54, 1.807) is 0 Å². The maximum Gasteiger partial charge on any atom is 0.0632 e. The Morgan fingerprint density at radius 3 is 2.48 bits per heavy atom. The Morgan fingerprint density at radius 1 is 0.913 bits per heavy atom. The van der Waals surface area contributed by atoms with E-state index in [0.29, 0.717) is 17.3 Å². The number of nitrogens with zero attached hydrogens (tertiary/aromatic N) is 2. The Kier molecular flexibility index (Phi) is 3.51. The van der Waals surface area contributed by atoms with Gasteiger partial charge in [0.2, 0.25) is 0 Å². The van der Waals surface area contributed by atoms with Crippen molar-refractivity contribution in [2.75, 3.05) is 0 Å². The third-order valence-corrected chi connectivity index (χ3v) is 8.50. The predicted molar refractivity (Wildman–Crippen MR) is 90.2 cm³/mol. The van der Waals surface area contributed by atoms with Crippen molar-refractivity contribution in [1.82, 2.24) is 0 Å². The van der Waals surface area contributed by atoms with Gasteiger partial charge in [0.05, 0.1) is 11.4 Å². The van der Waals surface area contributed by atoms with Gasteiger partial charge in [-0.2, -0.15) is 0 Å². The minimum atomic E-state index is 0.144. The van der Waals surface area contributed by atoms with Gasteiger partial charge >= 0.3 is 0 Å². The van der Waals surface area contributed by atoms with Crippen LogP contribution in [0.5, 0.6) is 0 Å². The van der Waals surface area contributed by atoms with Crippen LogP contribution in [0.1, 0.15) is 71.6 Å². The SMILES string of the molecule is C[C@]12CCC(=NO)C[C@@H]1CC[C@@H]1[C@H]3CCC(=NO)[C@@]3(C)CC[C@@H]12. The van der Waals surface area contributed by atoms with E-state index in [1.807, 2.05) is 0 Å². The normalized spacial score (nSPS) is 53.0. The van der Waals surface area contributed by atoms with Gasteiger partial charge in [0.25, 0.3) is 0 Å². The van der Waals surface area contributed by atoms with E-state index in [4.69, 9.17) is 5.21 Å². The minimum absolute atomic E-state index is 0.144. The first-order valence-electron chi connectivity index (χ1n) is 9.44. The number of rotatable bonds is 0. The van der Waals surface area contributed by atoms with Crippen LogP contribution in [0.4, 0.5) is 0 Å². The highest BCUT2D eigenvalue weighted by molar-refractivity contribution is 5.92. The van der Waals surface area contributed by atoms with E-state index >= 15 is 0 Å². The Hall–Kier alpha value is -1.06. The third kappa shape index (κ3) is 2.02. The fourth-order valence-corrected chi connectivity index (χ4v) is 7.10. The summed E-state index contributed by atoms with van der Waals surface area (Å²) >= 11 is 0. The summed E-state index contributed by atoms with van der Waals surface area (Å²) in [6.45, 7) is 4.86. The van der Waals surface area contributed by atoms with Gasteiger partial charge in [-0.05, 0) is 86.9 Å². The fourth-order valence-electron chi connectivity index (χ4n) is 7.10. The van der Waals surface area contributed by atoms with Crippen molar-refractivity contribution in [1.29, 1.82) is 0 Å². The van der Waals surface area contributed by atoms with Crippen molar-refractivity contribution >= 4 is 11.4 Å². The zero-order valence-electron chi connectivity index (χ0n) is 14.5. The Morgan fingerprint density at radius 2 is 1.74 bits per heavy atom. The van der Waals surface area contributed by atoms with Gasteiger partial charge in [-0.1, -0.05) is 24.2 Å². The van der Waals surface area contributed by atoms with E-state index in [9.17, 15) is 5.21 Å². The second-order valence-electron chi connectivity index (χ2n) is 9.07. The molecule has 4 heteroatoms. The summed E-state index contributed by atoms with van der Waals surface area (Å²) in [5, 5.41) is 25.8. The lowest BCUT2D eigenvalue weighted by molar-refractivity contribution is -0.0819. The highest BCUT2D eigenvalue weighted by Gasteiger charge is 2.59. The maximum atomic E-state index is 9.41. The van der Waals surface area contributed by atoms with Gasteiger partial charge in [0.1, 0.15) is 0 Å². The molecule has 0 unspecified atom stereocenters. The van der Waals surface area contributed by atoms with Crippen LogP contribution >= 0.6 is 0 Å². The minimum Gasteiger partial charge on any atom is -0.411 e. The van der Waals surface area contributed by atoms with Crippen LogP contribution in [-0.2, 0) is 0 Å². The van der Waals surface area contributed by atoms with Gasteiger partial charge in [-0.25, -0.2) is 0 Å². The second kappa shape index (κ2) is 5.22. The van der Waals surface area contributed by atoms with E-state index in [-0.39, 0.29) is 5.41 Å². The molecule has 0 spiro atoms. The zero-order chi connectivity index (χ0) is 16.2. The summed E-state index contributed by atoms with van der Waals surface area (Å²) in [4.78, 5) is 0. The Labute approximate surface area is 139 Å². The highest BCUT2D eigenvalue weighted by atomic mass is 16.4. The molecule has 23 heavy (non-hydrogen) atoms. The second-order valence-corrected chi connectivity index (χ2v) is 9.07. The van der Waals surface area contributed by atoms with Crippen molar-refractivity contribution in [2.45, 2.75) is 71.6 Å². The van der Waals surface area contributed by atoms with Crippen molar-refractivity contribution in [3.05, 3.63) is 0 Å². The van der Waals surface area contributed by atoms with Crippen LogP contribution in [-0.4, -0.2) is 21.8 Å². The molecule has 4 fully saturated rings. The lowest BCUT2D eigenvalue weighted by atomic mass is 9.45. The molecule has 0 aromatic heterocycles. The van der Waals surface area contributed by atoms with Gasteiger partial charge in [-0.15, -0.1) is 0 Å². The average molecular weight is 318 g/mol. The van der Waals surface area contributed by atoms with Crippen LogP contribution in [0.3, 0.4) is 0 Å². The summed E-state index contributed by atoms with van der Waals surface area (Å²) in [7, 11) is 0. The molecule has 2 N–H and O–H groups in total. The first-order valence-corrected chi connectivity index (χ1v) is 9.44. The Balaban J connectivity index is 1.63. The van der Waals surface area contributed by atoms with Gasteiger partial charge < -0.3 is 10.4 Å². The molecule has 0 bridgehead atoms. The monoisotopic (exact) mass is 318 g/mol.